The molecule has 0 radical (unpaired) electrons. The summed E-state index contributed by atoms with van der Waals surface area (Å²) in [6, 6.07) is 5.41. The number of carboxylic acid groups (broad SMARTS) is 1. The number of nitrogens with one attached hydrogen (secondary N) is 1. The van der Waals surface area contributed by atoms with Crippen molar-refractivity contribution in [2.75, 3.05) is 0 Å². The highest BCUT2D eigenvalue weighted by Gasteiger charge is 2.19. The molecular weight excluding hydrogens is 298 g/mol. The Morgan fingerprint density at radius 1 is 1.13 bits per heavy atom. The monoisotopic (exact) mass is 317 g/mol. The van der Waals surface area contributed by atoms with E-state index < -0.39 is 23.9 Å². The zero-order chi connectivity index (χ0) is 17.2. The zero-order valence-electron chi connectivity index (χ0n) is 13.0. The van der Waals surface area contributed by atoms with E-state index in [2.05, 4.69) is 5.32 Å². The van der Waals surface area contributed by atoms with Crippen LogP contribution in [0, 0.1) is 0 Å². The van der Waals surface area contributed by atoms with Crippen LogP contribution in [0.1, 0.15) is 19.4 Å². The lowest BCUT2D eigenvalue weighted by atomic mass is 10.1. The Morgan fingerprint density at radius 3 is 2.26 bits per heavy atom. The number of carbonyl (C=O) groups is 3. The molecule has 6 heteroatoms. The summed E-state index contributed by atoms with van der Waals surface area (Å²) in [7, 11) is 0. The Kier molecular flexibility index (Phi) is 7.26. The normalized spacial score (nSPS) is 12.3. The third-order valence-corrected chi connectivity index (χ3v) is 2.82. The number of carbonyl (C=O) groups excluding carboxylic acids is 2. The van der Waals surface area contributed by atoms with E-state index in [-0.39, 0.29) is 6.42 Å². The van der Waals surface area contributed by atoms with E-state index in [1.165, 1.54) is 18.2 Å². The molecular formula is C17H19NO5. The topological polar surface area (TPSA) is 92.7 Å². The van der Waals surface area contributed by atoms with Gasteiger partial charge in [-0.25, -0.2) is 9.59 Å². The van der Waals surface area contributed by atoms with Crippen LogP contribution in [0.3, 0.4) is 0 Å². The van der Waals surface area contributed by atoms with Crippen molar-refractivity contribution < 1.29 is 24.2 Å². The quantitative estimate of drug-likeness (QED) is 0.455. The van der Waals surface area contributed by atoms with Crippen LogP contribution in [0.15, 0.2) is 48.6 Å². The molecule has 6 nitrogen and oxygen atoms in total. The number of amides is 1. The van der Waals surface area contributed by atoms with Crippen molar-refractivity contribution in [3.63, 3.8) is 0 Å². The first kappa shape index (κ1) is 18.2. The van der Waals surface area contributed by atoms with E-state index in [0.717, 1.165) is 0 Å². The third-order valence-electron chi connectivity index (χ3n) is 2.82. The van der Waals surface area contributed by atoms with Crippen molar-refractivity contribution in [3.8, 4) is 5.75 Å². The number of carboxylic acids is 1. The van der Waals surface area contributed by atoms with Crippen LogP contribution in [0.25, 0.3) is 0 Å². The van der Waals surface area contributed by atoms with Gasteiger partial charge in [-0.3, -0.25) is 4.79 Å². The van der Waals surface area contributed by atoms with Crippen LogP contribution in [0.4, 0.5) is 0 Å². The molecule has 0 saturated carbocycles. The average Bonchev–Trinajstić information content (AvgIpc) is 2.49. The molecule has 23 heavy (non-hydrogen) atoms. The first-order valence-electron chi connectivity index (χ1n) is 7.05. The van der Waals surface area contributed by atoms with Gasteiger partial charge >= 0.3 is 11.9 Å². The predicted molar refractivity (Wildman–Crippen MR) is 85.0 cm³/mol. The summed E-state index contributed by atoms with van der Waals surface area (Å²) in [4.78, 5) is 34.0. The highest BCUT2D eigenvalue weighted by molar-refractivity contribution is 5.91. The molecule has 122 valence electrons. The van der Waals surface area contributed by atoms with Crippen molar-refractivity contribution in [1.82, 2.24) is 5.32 Å². The summed E-state index contributed by atoms with van der Waals surface area (Å²) in [6.07, 6.45) is 5.79. The number of aliphatic carboxylic acids is 1. The second-order valence-corrected chi connectivity index (χ2v) is 4.67. The predicted octanol–water partition coefficient (Wildman–Crippen LogP) is 1.86. The molecule has 0 spiro atoms. The molecule has 0 aliphatic heterocycles. The first-order chi connectivity index (χ1) is 11.0. The van der Waals surface area contributed by atoms with Crippen molar-refractivity contribution in [3.05, 3.63) is 54.1 Å². The summed E-state index contributed by atoms with van der Waals surface area (Å²) in [5.74, 6) is -1.70. The Bertz CT molecular complexity index is 616. The summed E-state index contributed by atoms with van der Waals surface area (Å²) >= 11 is 0. The average molecular weight is 317 g/mol. The van der Waals surface area contributed by atoms with E-state index in [0.29, 0.717) is 11.3 Å². The molecule has 0 saturated heterocycles. The number of rotatable bonds is 7. The summed E-state index contributed by atoms with van der Waals surface area (Å²) < 4.78 is 5.04. The van der Waals surface area contributed by atoms with Gasteiger partial charge in [-0.05, 0) is 37.6 Å². The lowest BCUT2D eigenvalue weighted by Crippen LogP contribution is -2.41. The highest BCUT2D eigenvalue weighted by Crippen LogP contribution is 2.14. The molecule has 0 aliphatic carbocycles. The van der Waals surface area contributed by atoms with Gasteiger partial charge in [0, 0.05) is 12.5 Å². The first-order valence-corrected chi connectivity index (χ1v) is 7.05. The van der Waals surface area contributed by atoms with Gasteiger partial charge < -0.3 is 15.2 Å². The second kappa shape index (κ2) is 9.19. The molecule has 0 aliphatic rings. The SMILES string of the molecule is CC=CC(=O)N[C@@H](Cc1ccc(OC(=O)C=CC)cc1)C(=O)O. The minimum absolute atomic E-state index is 0.127. The molecule has 0 heterocycles. The van der Waals surface area contributed by atoms with E-state index in [9.17, 15) is 14.4 Å². The molecule has 0 unspecified atom stereocenters. The van der Waals surface area contributed by atoms with E-state index in [1.807, 2.05) is 0 Å². The number of benzene rings is 1. The lowest BCUT2D eigenvalue weighted by molar-refractivity contribution is -0.141. The van der Waals surface area contributed by atoms with Crippen molar-refractivity contribution >= 4 is 17.8 Å². The number of allylic oxidation sites excluding steroid dienone is 2. The minimum Gasteiger partial charge on any atom is -0.480 e. The fourth-order valence-electron chi connectivity index (χ4n) is 1.79. The van der Waals surface area contributed by atoms with Crippen molar-refractivity contribution in [1.29, 1.82) is 0 Å². The molecule has 1 amide bonds. The molecule has 2 N–H and O–H groups in total. The Labute approximate surface area is 134 Å². The largest absolute Gasteiger partial charge is 0.480 e. The van der Waals surface area contributed by atoms with Gasteiger partial charge in [0.2, 0.25) is 5.91 Å². The molecule has 1 rings (SSSR count). The summed E-state index contributed by atoms with van der Waals surface area (Å²) in [5.41, 5.74) is 0.698. The van der Waals surface area contributed by atoms with Gasteiger partial charge in [-0.2, -0.15) is 0 Å². The summed E-state index contributed by atoms with van der Waals surface area (Å²) in [5, 5.41) is 11.6. The van der Waals surface area contributed by atoms with Crippen LogP contribution in [-0.4, -0.2) is 29.0 Å². The van der Waals surface area contributed by atoms with Gasteiger partial charge in [-0.1, -0.05) is 24.3 Å². The second-order valence-electron chi connectivity index (χ2n) is 4.67. The number of hydrogen-bond acceptors (Lipinski definition) is 4. The van der Waals surface area contributed by atoms with Crippen molar-refractivity contribution in [2.45, 2.75) is 26.3 Å². The Morgan fingerprint density at radius 2 is 1.74 bits per heavy atom. The molecule has 1 aromatic carbocycles. The number of esters is 1. The summed E-state index contributed by atoms with van der Waals surface area (Å²) in [6.45, 7) is 3.38. The van der Waals surface area contributed by atoms with Gasteiger partial charge in [-0.15, -0.1) is 0 Å². The Balaban J connectivity index is 2.72. The van der Waals surface area contributed by atoms with E-state index in [4.69, 9.17) is 9.84 Å². The van der Waals surface area contributed by atoms with Gasteiger partial charge in [0.25, 0.3) is 0 Å². The smallest absolute Gasteiger partial charge is 0.335 e. The third kappa shape index (κ3) is 6.60. The highest BCUT2D eigenvalue weighted by atomic mass is 16.5. The number of hydrogen-bond donors (Lipinski definition) is 2. The molecule has 1 atom stereocenters. The van der Waals surface area contributed by atoms with E-state index in [1.54, 1.807) is 44.2 Å². The van der Waals surface area contributed by atoms with Crippen LogP contribution in [-0.2, 0) is 20.8 Å². The Hall–Kier alpha value is -2.89. The maximum absolute atomic E-state index is 11.5. The maximum atomic E-state index is 11.5. The lowest BCUT2D eigenvalue weighted by Gasteiger charge is -2.13. The van der Waals surface area contributed by atoms with Gasteiger partial charge in [0.15, 0.2) is 0 Å². The minimum atomic E-state index is -1.12. The fraction of sp³-hybridized carbons (Fsp3) is 0.235. The van der Waals surface area contributed by atoms with Gasteiger partial charge in [0.1, 0.15) is 11.8 Å². The van der Waals surface area contributed by atoms with Gasteiger partial charge in [0.05, 0.1) is 0 Å². The van der Waals surface area contributed by atoms with Crippen LogP contribution in [0.2, 0.25) is 0 Å². The standard InChI is InChI=1S/C17H19NO5/c1-3-5-15(19)18-14(17(21)22)11-12-7-9-13(10-8-12)23-16(20)6-4-2/h3-10,14H,11H2,1-2H3,(H,18,19)(H,21,22)/t14-/m0/s1. The molecule has 0 bridgehead atoms. The molecule has 0 aromatic heterocycles. The van der Waals surface area contributed by atoms with Crippen LogP contribution >= 0.6 is 0 Å². The maximum Gasteiger partial charge on any atom is 0.335 e. The van der Waals surface area contributed by atoms with Crippen LogP contribution in [0.5, 0.6) is 5.75 Å². The zero-order valence-corrected chi connectivity index (χ0v) is 13.0. The van der Waals surface area contributed by atoms with E-state index >= 15 is 0 Å². The number of ether oxygens (including phenoxy) is 1. The fourth-order valence-corrected chi connectivity index (χ4v) is 1.79. The molecule has 1 aromatic rings. The van der Waals surface area contributed by atoms with Crippen LogP contribution < -0.4 is 10.1 Å². The molecule has 0 fully saturated rings. The van der Waals surface area contributed by atoms with Crippen molar-refractivity contribution in [2.24, 2.45) is 0 Å².